The fourth-order valence-corrected chi connectivity index (χ4v) is 3.07. The molecule has 0 aromatic heterocycles. The van der Waals surface area contributed by atoms with E-state index in [1.54, 1.807) is 30.3 Å². The molecule has 1 aliphatic heterocycles. The van der Waals surface area contributed by atoms with Crippen LogP contribution in [0.15, 0.2) is 54.6 Å². The monoisotopic (exact) mass is 389 g/mol. The zero-order valence-electron chi connectivity index (χ0n) is 15.4. The smallest absolute Gasteiger partial charge is 0.360 e. The Morgan fingerprint density at radius 2 is 1.45 bits per heavy atom. The third-order valence-electron chi connectivity index (χ3n) is 4.61. The van der Waals surface area contributed by atoms with Crippen LogP contribution < -0.4 is 0 Å². The first-order valence-electron chi connectivity index (χ1n) is 8.71. The molecule has 3 rings (SSSR count). The molecule has 1 aliphatic rings. The Kier molecular flexibility index (Phi) is 5.38. The predicted molar refractivity (Wildman–Crippen MR) is 100 cm³/mol. The molecule has 0 saturated heterocycles. The van der Waals surface area contributed by atoms with E-state index < -0.39 is 47.3 Å². The summed E-state index contributed by atoms with van der Waals surface area (Å²) in [6, 6.07) is 12.6. The lowest BCUT2D eigenvalue weighted by Crippen LogP contribution is -2.47. The number of carbonyl (C=O) groups excluding carboxylic acids is 5. The molecule has 0 N–H and O–H groups in total. The van der Waals surface area contributed by atoms with Gasteiger partial charge in [-0.2, -0.15) is 4.79 Å². The summed E-state index contributed by atoms with van der Waals surface area (Å²) in [5, 5.41) is 0. The molecule has 29 heavy (non-hydrogen) atoms. The average Bonchev–Trinajstić information content (AvgIpc) is 2.99. The third kappa shape index (κ3) is 3.56. The van der Waals surface area contributed by atoms with Crippen molar-refractivity contribution in [1.82, 2.24) is 4.90 Å². The summed E-state index contributed by atoms with van der Waals surface area (Å²) in [4.78, 5) is 65.7. The fraction of sp³-hybridized carbons (Fsp3) is 0.143. The number of fused-ring (bicyclic) bond motifs is 1. The Morgan fingerprint density at radius 1 is 0.931 bits per heavy atom. The van der Waals surface area contributed by atoms with Crippen LogP contribution in [0.5, 0.6) is 0 Å². The standard InChI is InChI=1S/C21H15N3O5/c1-12(24-20(28)14-9-5-6-10-15(14)21(24)29)19(27)18(23-22)17(26)11-16(25)13-7-3-2-4-8-13/h2-10,12H,11H2,1H3. The molecule has 2 amide bonds. The lowest BCUT2D eigenvalue weighted by atomic mass is 9.99. The highest BCUT2D eigenvalue weighted by molar-refractivity contribution is 6.66. The van der Waals surface area contributed by atoms with E-state index in [1.807, 2.05) is 0 Å². The average molecular weight is 389 g/mol. The normalized spacial score (nSPS) is 13.5. The molecule has 8 heteroatoms. The van der Waals surface area contributed by atoms with Crippen LogP contribution in [-0.2, 0) is 9.59 Å². The number of benzene rings is 2. The maximum Gasteiger partial charge on any atom is 0.402 e. The van der Waals surface area contributed by atoms with Gasteiger partial charge in [0.15, 0.2) is 5.78 Å². The van der Waals surface area contributed by atoms with E-state index >= 15 is 0 Å². The van der Waals surface area contributed by atoms with Gasteiger partial charge in [-0.3, -0.25) is 28.9 Å². The first kappa shape index (κ1) is 19.7. The number of Topliss-reactive ketones (excluding diaryl/α,β-unsaturated/α-hetero) is 3. The molecule has 1 atom stereocenters. The second-order valence-electron chi connectivity index (χ2n) is 6.40. The molecule has 0 bridgehead atoms. The number of ketones is 3. The van der Waals surface area contributed by atoms with Crippen LogP contribution in [0.2, 0.25) is 0 Å². The highest BCUT2D eigenvalue weighted by Gasteiger charge is 2.45. The zero-order chi connectivity index (χ0) is 21.1. The van der Waals surface area contributed by atoms with Gasteiger partial charge in [-0.05, 0) is 19.1 Å². The van der Waals surface area contributed by atoms with Gasteiger partial charge in [-0.15, -0.1) is 0 Å². The fourth-order valence-electron chi connectivity index (χ4n) is 3.07. The van der Waals surface area contributed by atoms with Crippen molar-refractivity contribution >= 4 is 34.9 Å². The molecule has 0 aliphatic carbocycles. The maximum absolute atomic E-state index is 12.7. The van der Waals surface area contributed by atoms with Crippen LogP contribution in [0.25, 0.3) is 5.53 Å². The van der Waals surface area contributed by atoms with Crippen LogP contribution >= 0.6 is 0 Å². The SMILES string of the molecule is CC(C(=O)C(=[N+]=[N-])C(=O)CC(=O)c1ccccc1)N1C(=O)c2ccccc2C1=O. The highest BCUT2D eigenvalue weighted by Crippen LogP contribution is 2.24. The van der Waals surface area contributed by atoms with Crippen molar-refractivity contribution in [1.29, 1.82) is 0 Å². The minimum absolute atomic E-state index is 0.144. The summed E-state index contributed by atoms with van der Waals surface area (Å²) in [5.74, 6) is -3.96. The van der Waals surface area contributed by atoms with Crippen molar-refractivity contribution < 1.29 is 28.8 Å². The van der Waals surface area contributed by atoms with Crippen LogP contribution in [0, 0.1) is 0 Å². The lowest BCUT2D eigenvalue weighted by molar-refractivity contribution is -0.125. The van der Waals surface area contributed by atoms with Crippen molar-refractivity contribution in [2.75, 3.05) is 0 Å². The number of hydrogen-bond donors (Lipinski definition) is 0. The molecule has 0 saturated carbocycles. The Bertz CT molecular complexity index is 1070. The molecule has 1 heterocycles. The molecule has 8 nitrogen and oxygen atoms in total. The van der Waals surface area contributed by atoms with Gasteiger partial charge in [-0.1, -0.05) is 42.5 Å². The van der Waals surface area contributed by atoms with E-state index in [0.717, 1.165) is 0 Å². The van der Waals surface area contributed by atoms with Crippen LogP contribution in [0.1, 0.15) is 44.4 Å². The van der Waals surface area contributed by atoms with E-state index in [4.69, 9.17) is 0 Å². The van der Waals surface area contributed by atoms with Crippen molar-refractivity contribution in [3.63, 3.8) is 0 Å². The summed E-state index contributed by atoms with van der Waals surface area (Å²) in [7, 11) is 0. The number of nitrogens with zero attached hydrogens (tertiary/aromatic N) is 3. The summed E-state index contributed by atoms with van der Waals surface area (Å²) in [6.45, 7) is 1.25. The maximum atomic E-state index is 12.7. The molecule has 0 spiro atoms. The molecule has 1 unspecified atom stereocenters. The third-order valence-corrected chi connectivity index (χ3v) is 4.61. The number of carbonyl (C=O) groups is 5. The van der Waals surface area contributed by atoms with Gasteiger partial charge in [0.2, 0.25) is 0 Å². The molecular formula is C21H15N3O5. The topological polar surface area (TPSA) is 125 Å². The van der Waals surface area contributed by atoms with Crippen LogP contribution in [-0.4, -0.2) is 50.6 Å². The van der Waals surface area contributed by atoms with Gasteiger partial charge in [0.1, 0.15) is 6.04 Å². The van der Waals surface area contributed by atoms with Crippen molar-refractivity contribution in [3.8, 4) is 0 Å². The van der Waals surface area contributed by atoms with Crippen LogP contribution in [0.3, 0.4) is 0 Å². The Hall–Kier alpha value is -4.03. The first-order chi connectivity index (χ1) is 13.9. The summed E-state index contributed by atoms with van der Waals surface area (Å²) >= 11 is 0. The number of amides is 2. The number of hydrogen-bond acceptors (Lipinski definition) is 5. The van der Waals surface area contributed by atoms with Gasteiger partial charge >= 0.3 is 5.71 Å². The van der Waals surface area contributed by atoms with Gasteiger partial charge in [-0.25, -0.2) is 0 Å². The van der Waals surface area contributed by atoms with Crippen molar-refractivity contribution in [2.45, 2.75) is 19.4 Å². The Labute approximate surface area is 165 Å². The predicted octanol–water partition coefficient (Wildman–Crippen LogP) is 1.75. The van der Waals surface area contributed by atoms with Gasteiger partial charge in [0.25, 0.3) is 23.4 Å². The largest absolute Gasteiger partial charge is 0.402 e. The highest BCUT2D eigenvalue weighted by atomic mass is 16.2. The van der Waals surface area contributed by atoms with Crippen molar-refractivity contribution in [2.24, 2.45) is 0 Å². The van der Waals surface area contributed by atoms with E-state index in [-0.39, 0.29) is 16.7 Å². The molecule has 144 valence electrons. The molecule has 0 radical (unpaired) electrons. The first-order valence-corrected chi connectivity index (χ1v) is 8.71. The Balaban J connectivity index is 1.79. The van der Waals surface area contributed by atoms with E-state index in [2.05, 4.69) is 4.79 Å². The molecule has 2 aromatic rings. The molecular weight excluding hydrogens is 374 g/mol. The minimum atomic E-state index is -1.39. The van der Waals surface area contributed by atoms with E-state index in [0.29, 0.717) is 4.90 Å². The van der Waals surface area contributed by atoms with Crippen LogP contribution in [0.4, 0.5) is 0 Å². The zero-order valence-corrected chi connectivity index (χ0v) is 15.4. The number of imide groups is 1. The van der Waals surface area contributed by atoms with E-state index in [1.165, 1.54) is 31.2 Å². The quantitative estimate of drug-likeness (QED) is 0.178. The summed E-state index contributed by atoms with van der Waals surface area (Å²) in [6.07, 6.45) is -0.690. The van der Waals surface area contributed by atoms with Gasteiger partial charge < -0.3 is 5.53 Å². The van der Waals surface area contributed by atoms with Crippen molar-refractivity contribution in [3.05, 3.63) is 76.8 Å². The molecule has 0 fully saturated rings. The summed E-state index contributed by atoms with van der Waals surface area (Å²) in [5.41, 5.74) is 8.85. The van der Waals surface area contributed by atoms with Gasteiger partial charge in [0.05, 0.1) is 17.5 Å². The second kappa shape index (κ2) is 7.92. The van der Waals surface area contributed by atoms with Gasteiger partial charge in [0, 0.05) is 5.56 Å². The second-order valence-corrected chi connectivity index (χ2v) is 6.40. The lowest BCUT2D eigenvalue weighted by Gasteiger charge is -2.19. The molecule has 2 aromatic carbocycles. The van der Waals surface area contributed by atoms with E-state index in [9.17, 15) is 29.5 Å². The Morgan fingerprint density at radius 3 is 1.97 bits per heavy atom. The number of rotatable bonds is 7. The minimum Gasteiger partial charge on any atom is -0.360 e. The summed E-state index contributed by atoms with van der Waals surface area (Å²) < 4.78 is 0.